The fourth-order valence-electron chi connectivity index (χ4n) is 2.20. The van der Waals surface area contributed by atoms with Gasteiger partial charge in [0.1, 0.15) is 5.75 Å². The average Bonchev–Trinajstić information content (AvgIpc) is 3.07. The number of nitrogens with one attached hydrogen (secondary N) is 1. The van der Waals surface area contributed by atoms with E-state index in [1.807, 2.05) is 7.05 Å². The van der Waals surface area contributed by atoms with Crippen LogP contribution < -0.4 is 10.1 Å². The third-order valence-corrected chi connectivity index (χ3v) is 3.15. The predicted molar refractivity (Wildman–Crippen MR) is 67.0 cm³/mol. The first-order valence-corrected chi connectivity index (χ1v) is 6.22. The van der Waals surface area contributed by atoms with Crippen LogP contribution in [0.4, 0.5) is 0 Å². The molecule has 0 bridgehead atoms. The van der Waals surface area contributed by atoms with Crippen LogP contribution in [-0.2, 0) is 0 Å². The molecule has 0 aromatic heterocycles. The van der Waals surface area contributed by atoms with Crippen LogP contribution in [0.5, 0.6) is 5.75 Å². The lowest BCUT2D eigenvalue weighted by molar-refractivity contribution is 0.317. The standard InChI is InChI=1S/C14H21NO/c1-3-7-16-13-6-4-5-11(8-13)14-9-12(14)10-15-2/h4-6,8,12,14-15H,3,7,9-10H2,1-2H3. The van der Waals surface area contributed by atoms with Gasteiger partial charge in [0.15, 0.2) is 0 Å². The molecular formula is C14H21NO. The fraction of sp³-hybridized carbons (Fsp3) is 0.571. The molecule has 0 radical (unpaired) electrons. The average molecular weight is 219 g/mol. The zero-order valence-electron chi connectivity index (χ0n) is 10.2. The maximum absolute atomic E-state index is 5.65. The summed E-state index contributed by atoms with van der Waals surface area (Å²) in [6.07, 6.45) is 2.38. The van der Waals surface area contributed by atoms with Crippen molar-refractivity contribution in [1.29, 1.82) is 0 Å². The van der Waals surface area contributed by atoms with Gasteiger partial charge < -0.3 is 10.1 Å². The van der Waals surface area contributed by atoms with E-state index in [0.29, 0.717) is 0 Å². The van der Waals surface area contributed by atoms with E-state index in [9.17, 15) is 0 Å². The molecule has 1 aromatic rings. The first kappa shape index (κ1) is 11.5. The molecule has 0 heterocycles. The second-order valence-corrected chi connectivity index (χ2v) is 4.58. The third-order valence-electron chi connectivity index (χ3n) is 3.15. The summed E-state index contributed by atoms with van der Waals surface area (Å²) in [6.45, 7) is 4.08. The Morgan fingerprint density at radius 3 is 3.06 bits per heavy atom. The highest BCUT2D eigenvalue weighted by Gasteiger charge is 2.37. The third kappa shape index (κ3) is 2.76. The molecular weight excluding hydrogens is 198 g/mol. The topological polar surface area (TPSA) is 21.3 Å². The summed E-state index contributed by atoms with van der Waals surface area (Å²) >= 11 is 0. The van der Waals surface area contributed by atoms with Crippen molar-refractivity contribution < 1.29 is 4.74 Å². The maximum Gasteiger partial charge on any atom is 0.119 e. The molecule has 1 N–H and O–H groups in total. The molecule has 1 saturated carbocycles. The quantitative estimate of drug-likeness (QED) is 0.794. The predicted octanol–water partition coefficient (Wildman–Crippen LogP) is 2.80. The van der Waals surface area contributed by atoms with Crippen LogP contribution in [0.25, 0.3) is 0 Å². The van der Waals surface area contributed by atoms with Crippen molar-refractivity contribution in [2.24, 2.45) is 5.92 Å². The van der Waals surface area contributed by atoms with E-state index in [-0.39, 0.29) is 0 Å². The molecule has 16 heavy (non-hydrogen) atoms. The van der Waals surface area contributed by atoms with Crippen molar-refractivity contribution in [3.05, 3.63) is 29.8 Å². The Morgan fingerprint density at radius 1 is 1.44 bits per heavy atom. The highest BCUT2D eigenvalue weighted by molar-refractivity contribution is 5.34. The van der Waals surface area contributed by atoms with Crippen LogP contribution in [0, 0.1) is 5.92 Å². The molecule has 1 aromatic carbocycles. The first-order chi connectivity index (χ1) is 7.85. The fourth-order valence-corrected chi connectivity index (χ4v) is 2.20. The lowest BCUT2D eigenvalue weighted by Crippen LogP contribution is -2.10. The Labute approximate surface area is 98.0 Å². The SMILES string of the molecule is CCCOc1cccc(C2CC2CNC)c1. The van der Waals surface area contributed by atoms with E-state index in [1.165, 1.54) is 12.0 Å². The van der Waals surface area contributed by atoms with Gasteiger partial charge in [0.05, 0.1) is 6.61 Å². The maximum atomic E-state index is 5.65. The van der Waals surface area contributed by atoms with Gasteiger partial charge in [-0.2, -0.15) is 0 Å². The molecule has 2 nitrogen and oxygen atoms in total. The van der Waals surface area contributed by atoms with Crippen LogP contribution in [0.1, 0.15) is 31.2 Å². The van der Waals surface area contributed by atoms with Gasteiger partial charge in [-0.25, -0.2) is 0 Å². The van der Waals surface area contributed by atoms with Gasteiger partial charge in [-0.3, -0.25) is 0 Å². The number of benzene rings is 1. The van der Waals surface area contributed by atoms with Gasteiger partial charge in [0.25, 0.3) is 0 Å². The molecule has 1 fully saturated rings. The van der Waals surface area contributed by atoms with Crippen molar-refractivity contribution >= 4 is 0 Å². The minimum absolute atomic E-state index is 0.748. The molecule has 0 amide bonds. The summed E-state index contributed by atoms with van der Waals surface area (Å²) in [6, 6.07) is 8.58. The zero-order chi connectivity index (χ0) is 11.4. The zero-order valence-corrected chi connectivity index (χ0v) is 10.2. The molecule has 0 saturated heterocycles. The second kappa shape index (κ2) is 5.35. The Bertz CT molecular complexity index is 337. The van der Waals surface area contributed by atoms with Crippen LogP contribution >= 0.6 is 0 Å². The summed E-state index contributed by atoms with van der Waals surface area (Å²) in [5.74, 6) is 2.60. The molecule has 2 rings (SSSR count). The number of hydrogen-bond acceptors (Lipinski definition) is 2. The first-order valence-electron chi connectivity index (χ1n) is 6.22. The summed E-state index contributed by atoms with van der Waals surface area (Å²) in [4.78, 5) is 0. The van der Waals surface area contributed by atoms with E-state index < -0.39 is 0 Å². The van der Waals surface area contributed by atoms with E-state index in [1.54, 1.807) is 0 Å². The Kier molecular flexibility index (Phi) is 3.83. The monoisotopic (exact) mass is 219 g/mol. The largest absolute Gasteiger partial charge is 0.494 e. The number of rotatable bonds is 6. The minimum atomic E-state index is 0.748. The molecule has 1 aliphatic rings. The Balaban J connectivity index is 1.95. The van der Waals surface area contributed by atoms with Gasteiger partial charge in [-0.15, -0.1) is 0 Å². The lowest BCUT2D eigenvalue weighted by Gasteiger charge is -2.06. The normalized spacial score (nSPS) is 23.1. The Morgan fingerprint density at radius 2 is 2.31 bits per heavy atom. The van der Waals surface area contributed by atoms with Gasteiger partial charge in [0, 0.05) is 0 Å². The van der Waals surface area contributed by atoms with Crippen molar-refractivity contribution in [3.63, 3.8) is 0 Å². The number of hydrogen-bond donors (Lipinski definition) is 1. The van der Waals surface area contributed by atoms with Crippen LogP contribution in [0.15, 0.2) is 24.3 Å². The van der Waals surface area contributed by atoms with E-state index in [0.717, 1.165) is 37.2 Å². The smallest absolute Gasteiger partial charge is 0.119 e. The summed E-state index contributed by atoms with van der Waals surface area (Å²) in [7, 11) is 2.02. The van der Waals surface area contributed by atoms with Gasteiger partial charge >= 0.3 is 0 Å². The molecule has 0 spiro atoms. The lowest BCUT2D eigenvalue weighted by atomic mass is 10.1. The van der Waals surface area contributed by atoms with E-state index in [2.05, 4.69) is 36.5 Å². The van der Waals surface area contributed by atoms with Crippen molar-refractivity contribution in [2.75, 3.05) is 20.2 Å². The van der Waals surface area contributed by atoms with Crippen molar-refractivity contribution in [2.45, 2.75) is 25.7 Å². The second-order valence-electron chi connectivity index (χ2n) is 4.58. The van der Waals surface area contributed by atoms with Crippen molar-refractivity contribution in [3.8, 4) is 5.75 Å². The van der Waals surface area contributed by atoms with Gasteiger partial charge in [-0.1, -0.05) is 19.1 Å². The minimum Gasteiger partial charge on any atom is -0.494 e. The van der Waals surface area contributed by atoms with Gasteiger partial charge in [0.2, 0.25) is 0 Å². The van der Waals surface area contributed by atoms with E-state index >= 15 is 0 Å². The molecule has 2 atom stereocenters. The van der Waals surface area contributed by atoms with Crippen LogP contribution in [0.2, 0.25) is 0 Å². The summed E-state index contributed by atoms with van der Waals surface area (Å²) in [5, 5.41) is 3.25. The highest BCUT2D eigenvalue weighted by Crippen LogP contribution is 2.47. The van der Waals surface area contributed by atoms with Crippen LogP contribution in [0.3, 0.4) is 0 Å². The van der Waals surface area contributed by atoms with Crippen LogP contribution in [-0.4, -0.2) is 20.2 Å². The van der Waals surface area contributed by atoms with E-state index in [4.69, 9.17) is 4.74 Å². The molecule has 2 heteroatoms. The number of ether oxygens (including phenoxy) is 1. The molecule has 0 aliphatic heterocycles. The Hall–Kier alpha value is -1.02. The van der Waals surface area contributed by atoms with Gasteiger partial charge in [-0.05, 0) is 56.0 Å². The highest BCUT2D eigenvalue weighted by atomic mass is 16.5. The van der Waals surface area contributed by atoms with Crippen molar-refractivity contribution in [1.82, 2.24) is 5.32 Å². The molecule has 2 unspecified atom stereocenters. The molecule has 1 aliphatic carbocycles. The summed E-state index contributed by atoms with van der Waals surface area (Å²) < 4.78 is 5.65. The summed E-state index contributed by atoms with van der Waals surface area (Å²) in [5.41, 5.74) is 1.44. The molecule has 88 valence electrons.